The molecule has 23 heavy (non-hydrogen) atoms. The van der Waals surface area contributed by atoms with Crippen molar-refractivity contribution in [3.63, 3.8) is 0 Å². The molecule has 0 aliphatic carbocycles. The number of aliphatic carboxylic acids is 1. The Kier molecular flexibility index (Phi) is 8.18. The number of rotatable bonds is 9. The summed E-state index contributed by atoms with van der Waals surface area (Å²) in [6.45, 7) is 3.12. The number of hydrogen-bond acceptors (Lipinski definition) is 6. The number of benzene rings is 1. The number of thioether (sulfide) groups is 1. The Morgan fingerprint density at radius 1 is 1.22 bits per heavy atom. The minimum atomic E-state index is -1.27. The van der Waals surface area contributed by atoms with Crippen LogP contribution in [0.2, 0.25) is 0 Å². The van der Waals surface area contributed by atoms with Gasteiger partial charge in [-0.3, -0.25) is 9.59 Å². The van der Waals surface area contributed by atoms with Crippen LogP contribution in [0.15, 0.2) is 30.3 Å². The molecule has 0 saturated carbocycles. The molecule has 0 fully saturated rings. The largest absolute Gasteiger partial charge is 0.493 e. The van der Waals surface area contributed by atoms with Crippen molar-refractivity contribution in [2.24, 2.45) is 5.92 Å². The molecule has 2 atom stereocenters. The second-order valence-electron chi connectivity index (χ2n) is 4.92. The third kappa shape index (κ3) is 7.69. The molecule has 0 radical (unpaired) electrons. The number of carboxylic acid groups (broad SMARTS) is 1. The summed E-state index contributed by atoms with van der Waals surface area (Å²) < 4.78 is 10.4. The fourth-order valence-corrected chi connectivity index (χ4v) is 2.22. The first-order chi connectivity index (χ1) is 10.9. The number of hydrogen-bond donors (Lipinski definition) is 1. The van der Waals surface area contributed by atoms with Gasteiger partial charge in [0.15, 0.2) is 5.12 Å². The normalized spacial score (nSPS) is 13.0. The lowest BCUT2D eigenvalue weighted by molar-refractivity contribution is -0.166. The topological polar surface area (TPSA) is 89.9 Å². The zero-order valence-corrected chi connectivity index (χ0v) is 13.9. The Morgan fingerprint density at radius 3 is 2.43 bits per heavy atom. The van der Waals surface area contributed by atoms with Gasteiger partial charge in [-0.25, -0.2) is 4.79 Å². The second kappa shape index (κ2) is 9.89. The van der Waals surface area contributed by atoms with Crippen LogP contribution in [-0.4, -0.2) is 40.6 Å². The Labute approximate surface area is 139 Å². The van der Waals surface area contributed by atoms with E-state index in [9.17, 15) is 14.4 Å². The van der Waals surface area contributed by atoms with Crippen molar-refractivity contribution in [2.75, 3.05) is 12.4 Å². The number of carbonyl (C=O) groups is 3. The lowest BCUT2D eigenvalue weighted by Crippen LogP contribution is -2.31. The summed E-state index contributed by atoms with van der Waals surface area (Å²) in [5.41, 5.74) is 0. The summed E-state index contributed by atoms with van der Waals surface area (Å²) >= 11 is 1.01. The maximum absolute atomic E-state index is 11.9. The van der Waals surface area contributed by atoms with Crippen LogP contribution in [0.4, 0.5) is 0 Å². The van der Waals surface area contributed by atoms with Crippen LogP contribution in [0.3, 0.4) is 0 Å². The van der Waals surface area contributed by atoms with E-state index in [2.05, 4.69) is 0 Å². The van der Waals surface area contributed by atoms with Gasteiger partial charge < -0.3 is 14.6 Å². The predicted molar refractivity (Wildman–Crippen MR) is 86.4 cm³/mol. The zero-order valence-electron chi connectivity index (χ0n) is 13.1. The third-order valence-corrected chi connectivity index (χ3v) is 3.94. The van der Waals surface area contributed by atoms with Gasteiger partial charge in [0.05, 0.1) is 12.5 Å². The lowest BCUT2D eigenvalue weighted by atomic mass is 10.2. The SMILES string of the molecule is CC(=O)SC[C@@H](C)C(=O)O[C@@H](CCOc1ccccc1)C(=O)O. The molecular formula is C16H20O6S. The molecule has 0 unspecified atom stereocenters. The number of para-hydroxylation sites is 1. The molecule has 0 amide bonds. The molecule has 7 heteroatoms. The maximum atomic E-state index is 11.9. The Hall–Kier alpha value is -2.02. The molecule has 1 aromatic rings. The van der Waals surface area contributed by atoms with Crippen molar-refractivity contribution in [2.45, 2.75) is 26.4 Å². The maximum Gasteiger partial charge on any atom is 0.345 e. The number of ether oxygens (including phenoxy) is 2. The van der Waals surface area contributed by atoms with E-state index in [0.717, 1.165) is 11.8 Å². The van der Waals surface area contributed by atoms with Gasteiger partial charge in [-0.15, -0.1) is 0 Å². The van der Waals surface area contributed by atoms with Crippen LogP contribution >= 0.6 is 11.8 Å². The van der Waals surface area contributed by atoms with Gasteiger partial charge in [0.1, 0.15) is 5.75 Å². The van der Waals surface area contributed by atoms with E-state index in [1.165, 1.54) is 6.92 Å². The van der Waals surface area contributed by atoms with Gasteiger partial charge in [-0.2, -0.15) is 0 Å². The molecule has 0 aliphatic rings. The van der Waals surface area contributed by atoms with Crippen molar-refractivity contribution in [3.8, 4) is 5.75 Å². The second-order valence-corrected chi connectivity index (χ2v) is 6.11. The first-order valence-electron chi connectivity index (χ1n) is 7.14. The molecule has 0 heterocycles. The summed E-state index contributed by atoms with van der Waals surface area (Å²) in [4.78, 5) is 33.9. The smallest absolute Gasteiger partial charge is 0.345 e. The van der Waals surface area contributed by atoms with Crippen molar-refractivity contribution < 1.29 is 29.0 Å². The molecule has 126 valence electrons. The number of carboxylic acids is 1. The Morgan fingerprint density at radius 2 is 1.87 bits per heavy atom. The monoisotopic (exact) mass is 340 g/mol. The lowest BCUT2D eigenvalue weighted by Gasteiger charge is -2.17. The minimum Gasteiger partial charge on any atom is -0.493 e. The highest BCUT2D eigenvalue weighted by molar-refractivity contribution is 8.13. The van der Waals surface area contributed by atoms with Crippen molar-refractivity contribution in [1.82, 2.24) is 0 Å². The molecule has 0 aliphatic heterocycles. The first kappa shape index (κ1) is 19.0. The average Bonchev–Trinajstić information content (AvgIpc) is 2.52. The highest BCUT2D eigenvalue weighted by Crippen LogP contribution is 2.14. The summed E-state index contributed by atoms with van der Waals surface area (Å²) in [5.74, 6) is -1.52. The fourth-order valence-electron chi connectivity index (χ4n) is 1.60. The summed E-state index contributed by atoms with van der Waals surface area (Å²) in [6, 6.07) is 8.96. The molecule has 0 spiro atoms. The predicted octanol–water partition coefficient (Wildman–Crippen LogP) is 2.37. The zero-order chi connectivity index (χ0) is 17.2. The molecule has 0 aromatic heterocycles. The highest BCUT2D eigenvalue weighted by Gasteiger charge is 2.25. The van der Waals surface area contributed by atoms with Crippen LogP contribution < -0.4 is 4.74 Å². The Bertz CT molecular complexity index is 531. The molecule has 1 N–H and O–H groups in total. The van der Waals surface area contributed by atoms with Crippen molar-refractivity contribution >= 4 is 28.8 Å². The summed E-state index contributed by atoms with van der Waals surface area (Å²) in [6.07, 6.45) is -1.22. The molecule has 0 saturated heterocycles. The van der Waals surface area contributed by atoms with E-state index in [1.807, 2.05) is 6.07 Å². The van der Waals surface area contributed by atoms with E-state index in [-0.39, 0.29) is 23.9 Å². The van der Waals surface area contributed by atoms with Gasteiger partial charge in [-0.1, -0.05) is 36.9 Å². The van der Waals surface area contributed by atoms with Crippen molar-refractivity contribution in [1.29, 1.82) is 0 Å². The highest BCUT2D eigenvalue weighted by atomic mass is 32.2. The molecule has 0 bridgehead atoms. The van der Waals surface area contributed by atoms with Crippen LogP contribution in [0.1, 0.15) is 20.3 Å². The van der Waals surface area contributed by atoms with E-state index >= 15 is 0 Å². The van der Waals surface area contributed by atoms with E-state index in [0.29, 0.717) is 5.75 Å². The van der Waals surface area contributed by atoms with Crippen molar-refractivity contribution in [3.05, 3.63) is 30.3 Å². The molecular weight excluding hydrogens is 320 g/mol. The molecule has 6 nitrogen and oxygen atoms in total. The van der Waals surface area contributed by atoms with E-state index in [4.69, 9.17) is 14.6 Å². The van der Waals surface area contributed by atoms with Crippen LogP contribution in [-0.2, 0) is 19.1 Å². The average molecular weight is 340 g/mol. The summed E-state index contributed by atoms with van der Waals surface area (Å²) in [5, 5.41) is 9.03. The third-order valence-electron chi connectivity index (χ3n) is 2.86. The first-order valence-corrected chi connectivity index (χ1v) is 8.13. The van der Waals surface area contributed by atoms with Gasteiger partial charge in [0, 0.05) is 19.1 Å². The number of esters is 1. The minimum absolute atomic E-state index is 0.0442. The van der Waals surface area contributed by atoms with Gasteiger partial charge in [-0.05, 0) is 12.1 Å². The van der Waals surface area contributed by atoms with Crippen LogP contribution in [0.25, 0.3) is 0 Å². The van der Waals surface area contributed by atoms with Crippen LogP contribution in [0.5, 0.6) is 5.75 Å². The molecule has 1 aromatic carbocycles. The Balaban J connectivity index is 2.43. The fraction of sp³-hybridized carbons (Fsp3) is 0.438. The standard InChI is InChI=1S/C16H20O6S/c1-11(10-23-12(2)17)16(20)22-14(15(18)19)8-9-21-13-6-4-3-5-7-13/h3-7,11,14H,8-10H2,1-2H3,(H,18,19)/t11-,14+/m1/s1. The number of carbonyl (C=O) groups excluding carboxylic acids is 2. The molecule has 1 rings (SSSR count). The quantitative estimate of drug-likeness (QED) is 0.690. The summed E-state index contributed by atoms with van der Waals surface area (Å²) in [7, 11) is 0. The van der Waals surface area contributed by atoms with Gasteiger partial charge in [0.25, 0.3) is 0 Å². The van der Waals surface area contributed by atoms with Gasteiger partial charge in [0.2, 0.25) is 6.10 Å². The van der Waals surface area contributed by atoms with E-state index < -0.39 is 24.0 Å². The van der Waals surface area contributed by atoms with Crippen LogP contribution in [0, 0.1) is 5.92 Å². The van der Waals surface area contributed by atoms with E-state index in [1.54, 1.807) is 31.2 Å². The van der Waals surface area contributed by atoms with Gasteiger partial charge >= 0.3 is 11.9 Å².